The summed E-state index contributed by atoms with van der Waals surface area (Å²) in [6.07, 6.45) is 8.79. The molecule has 6 aromatic heterocycles. The normalized spacial score (nSPS) is 11.7. The zero-order chi connectivity index (χ0) is 71.2. The van der Waals surface area contributed by atoms with Gasteiger partial charge in [0.05, 0.1) is 44.1 Å². The molecular weight excluding hydrogens is 1310 g/mol. The van der Waals surface area contributed by atoms with Gasteiger partial charge in [-0.25, -0.2) is 0 Å². The number of hydrogen-bond acceptors (Lipinski definition) is 2. The van der Waals surface area contributed by atoms with Crippen molar-refractivity contribution in [3.05, 3.63) is 413 Å². The molecule has 508 valence electrons. The summed E-state index contributed by atoms with van der Waals surface area (Å²) in [6, 6.07) is 140. The summed E-state index contributed by atoms with van der Waals surface area (Å²) >= 11 is 0. The first-order chi connectivity index (χ1) is 53.6. The van der Waals surface area contributed by atoms with Crippen LogP contribution in [0.25, 0.3) is 143 Å². The van der Waals surface area contributed by atoms with Gasteiger partial charge in [-0.3, -0.25) is 0 Å². The van der Waals surface area contributed by atoms with Crippen LogP contribution in [0, 0.1) is 0 Å². The Kier molecular flexibility index (Phi) is 14.7. The molecule has 0 spiro atoms. The van der Waals surface area contributed by atoms with Crippen molar-refractivity contribution in [3.8, 4) is 34.1 Å². The number of aromatic nitrogens is 6. The molecule has 0 aliphatic carbocycles. The number of nitrogens with zero attached hydrogens (tertiary/aromatic N) is 8. The number of benzene rings is 16. The van der Waals surface area contributed by atoms with E-state index >= 15 is 0 Å². The third-order valence-electron chi connectivity index (χ3n) is 21.8. The Morgan fingerprint density at radius 2 is 0.352 bits per heavy atom. The smallest absolute Gasteiger partial charge is 0.0607 e. The quantitative estimate of drug-likeness (QED) is 0.122. The van der Waals surface area contributed by atoms with E-state index in [-0.39, 0.29) is 0 Å². The average Bonchev–Trinajstić information content (AvgIpc) is 1.58. The van der Waals surface area contributed by atoms with E-state index in [1.807, 2.05) is 0 Å². The highest BCUT2D eigenvalue weighted by molar-refractivity contribution is 6.18. The predicted octanol–water partition coefficient (Wildman–Crippen LogP) is 26.6. The van der Waals surface area contributed by atoms with E-state index < -0.39 is 0 Å². The van der Waals surface area contributed by atoms with E-state index in [9.17, 15) is 0 Å². The van der Waals surface area contributed by atoms with Gasteiger partial charge >= 0.3 is 0 Å². The highest BCUT2D eigenvalue weighted by atomic mass is 15.2. The molecule has 0 unspecified atom stereocenters. The highest BCUT2D eigenvalue weighted by Gasteiger charge is 2.21. The molecule has 0 radical (unpaired) electrons. The van der Waals surface area contributed by atoms with Gasteiger partial charge in [0, 0.05) is 158 Å². The van der Waals surface area contributed by atoms with Gasteiger partial charge < -0.3 is 37.2 Å². The molecule has 0 amide bonds. The van der Waals surface area contributed by atoms with Crippen LogP contribution in [0.3, 0.4) is 0 Å². The third kappa shape index (κ3) is 10.3. The second-order valence-corrected chi connectivity index (χ2v) is 27.8. The van der Waals surface area contributed by atoms with Crippen LogP contribution in [-0.4, -0.2) is 27.4 Å². The maximum Gasteiger partial charge on any atom is 0.0607 e. The summed E-state index contributed by atoms with van der Waals surface area (Å²) in [6.45, 7) is 0. The van der Waals surface area contributed by atoms with Gasteiger partial charge in [-0.1, -0.05) is 194 Å². The first-order valence-corrected chi connectivity index (χ1v) is 36.9. The fraction of sp³-hybridized carbons (Fsp3) is 0. The summed E-state index contributed by atoms with van der Waals surface area (Å²) in [5.74, 6) is 0. The minimum Gasteiger partial charge on any atom is -0.316 e. The standard InChI is InChI=1S/C50H32N4.C50H36N4/c1-5-13-45-39(9-1)40-10-2-6-14-46(40)53(45)37-23-19-35(20-24-37)51-31-29-33-17-28-44-43(49(33)51)27-18-34-30-32-52(50(34)44)36-21-25-38(26-22-36)54-47-15-7-3-11-41(47)42-12-4-8-16-48(42)54;1-5-13-41(14-6-1)53(42-15-7-2-8-16-42)45-27-23-39(24-28-45)51-35-33-37-21-32-48-47(49(37)51)31-22-38-34-36-52(50(38)48)40-25-29-46(30-26-40)54(43-17-9-3-10-18-43)44-19-11-4-12-20-44/h1-32H;1-36H. The van der Waals surface area contributed by atoms with Crippen LogP contribution in [0.5, 0.6) is 0 Å². The SMILES string of the molecule is c1ccc(N(c2ccccc2)c2ccc(-n3ccc4ccc5c(ccc6ccn(-c7ccc(N(c8ccccc8)c8ccccc8)cc7)c65)c43)cc2)cc1.c1ccc2c(c1)c1ccccc1n2-c1ccc(-n2ccc3ccc4c(ccc5ccn(-c6ccc(-n7c8ccccc8c8ccccc87)cc6)c54)c32)cc1. The van der Waals surface area contributed by atoms with Crippen molar-refractivity contribution in [1.82, 2.24) is 27.4 Å². The van der Waals surface area contributed by atoms with E-state index in [1.165, 1.54) is 109 Å². The number of rotatable bonds is 12. The van der Waals surface area contributed by atoms with Gasteiger partial charge in [0.1, 0.15) is 0 Å². The highest BCUT2D eigenvalue weighted by Crippen LogP contribution is 2.42. The molecule has 0 aliphatic heterocycles. The maximum atomic E-state index is 2.37. The van der Waals surface area contributed by atoms with Gasteiger partial charge in [-0.2, -0.15) is 0 Å². The molecule has 0 atom stereocenters. The lowest BCUT2D eigenvalue weighted by molar-refractivity contribution is 1.11. The Morgan fingerprint density at radius 3 is 0.602 bits per heavy atom. The van der Waals surface area contributed by atoms with E-state index in [4.69, 9.17) is 0 Å². The first-order valence-electron chi connectivity index (χ1n) is 36.9. The van der Waals surface area contributed by atoms with E-state index in [2.05, 4.69) is 450 Å². The molecular formula is C100H68N8. The fourth-order valence-electron chi connectivity index (χ4n) is 16.9. The van der Waals surface area contributed by atoms with Gasteiger partial charge in [-0.15, -0.1) is 0 Å². The van der Waals surface area contributed by atoms with Crippen LogP contribution in [-0.2, 0) is 0 Å². The van der Waals surface area contributed by atoms with Crippen LogP contribution in [0.2, 0.25) is 0 Å². The molecule has 8 heteroatoms. The average molecular weight is 1380 g/mol. The van der Waals surface area contributed by atoms with Crippen LogP contribution in [0.15, 0.2) is 413 Å². The Bertz CT molecular complexity index is 6510. The summed E-state index contributed by atoms with van der Waals surface area (Å²) in [4.78, 5) is 4.59. The molecule has 16 aromatic carbocycles. The van der Waals surface area contributed by atoms with Crippen molar-refractivity contribution in [1.29, 1.82) is 0 Å². The second-order valence-electron chi connectivity index (χ2n) is 27.8. The predicted molar refractivity (Wildman–Crippen MR) is 453 cm³/mol. The minimum atomic E-state index is 1.11. The largest absolute Gasteiger partial charge is 0.316 e. The lowest BCUT2D eigenvalue weighted by Crippen LogP contribution is -2.09. The van der Waals surface area contributed by atoms with Crippen molar-refractivity contribution < 1.29 is 0 Å². The Hall–Kier alpha value is -14.6. The topological polar surface area (TPSA) is 36.1 Å². The minimum absolute atomic E-state index is 1.11. The van der Waals surface area contributed by atoms with Crippen LogP contribution in [0.1, 0.15) is 0 Å². The number of anilines is 6. The molecule has 22 rings (SSSR count). The molecule has 0 bridgehead atoms. The van der Waals surface area contributed by atoms with Gasteiger partial charge in [0.15, 0.2) is 0 Å². The molecule has 8 nitrogen and oxygen atoms in total. The zero-order valence-corrected chi connectivity index (χ0v) is 58.8. The molecule has 0 saturated heterocycles. The van der Waals surface area contributed by atoms with E-state index in [0.29, 0.717) is 0 Å². The van der Waals surface area contributed by atoms with Crippen molar-refractivity contribution in [2.24, 2.45) is 0 Å². The van der Waals surface area contributed by atoms with Crippen LogP contribution >= 0.6 is 0 Å². The molecule has 0 fully saturated rings. The summed E-state index contributed by atoms with van der Waals surface area (Å²) < 4.78 is 14.1. The number of fused-ring (bicyclic) bond motifs is 16. The zero-order valence-electron chi connectivity index (χ0n) is 58.8. The molecule has 0 N–H and O–H groups in total. The molecule has 0 aliphatic rings. The Labute approximate surface area is 623 Å². The summed E-state index contributed by atoms with van der Waals surface area (Å²) in [5.41, 5.74) is 23.3. The molecule has 6 heterocycles. The van der Waals surface area contributed by atoms with Crippen LogP contribution < -0.4 is 9.80 Å². The number of hydrogen-bond donors (Lipinski definition) is 0. The lowest BCUT2D eigenvalue weighted by atomic mass is 10.0. The van der Waals surface area contributed by atoms with Gasteiger partial charge in [0.2, 0.25) is 0 Å². The first kappa shape index (κ1) is 62.0. The van der Waals surface area contributed by atoms with Crippen molar-refractivity contribution in [2.45, 2.75) is 0 Å². The number of para-hydroxylation sites is 8. The van der Waals surface area contributed by atoms with Crippen molar-refractivity contribution >= 4 is 143 Å². The third-order valence-corrected chi connectivity index (χ3v) is 21.8. The maximum absolute atomic E-state index is 2.37. The van der Waals surface area contributed by atoms with E-state index in [0.717, 1.165) is 68.2 Å². The van der Waals surface area contributed by atoms with Crippen molar-refractivity contribution in [2.75, 3.05) is 9.80 Å². The summed E-state index contributed by atoms with van der Waals surface area (Å²) in [5, 5.41) is 14.9. The lowest BCUT2D eigenvalue weighted by Gasteiger charge is -2.25. The summed E-state index contributed by atoms with van der Waals surface area (Å²) in [7, 11) is 0. The van der Waals surface area contributed by atoms with Crippen LogP contribution in [0.4, 0.5) is 34.1 Å². The monoisotopic (exact) mass is 1380 g/mol. The molecule has 108 heavy (non-hydrogen) atoms. The molecule has 0 saturated carbocycles. The second kappa shape index (κ2) is 25.7. The van der Waals surface area contributed by atoms with Gasteiger partial charge in [-0.05, 0) is 194 Å². The fourth-order valence-corrected chi connectivity index (χ4v) is 16.9. The Morgan fingerprint density at radius 1 is 0.148 bits per heavy atom. The van der Waals surface area contributed by atoms with Gasteiger partial charge in [0.25, 0.3) is 0 Å². The van der Waals surface area contributed by atoms with E-state index in [1.54, 1.807) is 0 Å². The Balaban J connectivity index is 0.000000138. The van der Waals surface area contributed by atoms with Crippen molar-refractivity contribution in [3.63, 3.8) is 0 Å². The molecule has 22 aromatic rings.